The van der Waals surface area contributed by atoms with Crippen molar-refractivity contribution in [1.82, 2.24) is 10.0 Å². The number of nitrogens with zero attached hydrogens (tertiary/aromatic N) is 1. The zero-order valence-corrected chi connectivity index (χ0v) is 13.9. The van der Waals surface area contributed by atoms with Crippen LogP contribution in [0.15, 0.2) is 23.1 Å². The van der Waals surface area contributed by atoms with Crippen molar-refractivity contribution in [2.24, 2.45) is 0 Å². The van der Waals surface area contributed by atoms with Gasteiger partial charge in [0.1, 0.15) is 0 Å². The van der Waals surface area contributed by atoms with Crippen LogP contribution in [0, 0.1) is 0 Å². The van der Waals surface area contributed by atoms with E-state index in [4.69, 9.17) is 0 Å². The Hall–Kier alpha value is -1.44. The highest BCUT2D eigenvalue weighted by Crippen LogP contribution is 2.30. The number of carbonyl (C=O) groups excluding carboxylic acids is 1. The minimum Gasteiger partial charge on any atom is -0.315 e. The second kappa shape index (κ2) is 7.21. The Morgan fingerprint density at radius 3 is 2.73 bits per heavy atom. The predicted octanol–water partition coefficient (Wildman–Crippen LogP) is 0.873. The first-order chi connectivity index (χ1) is 10.5. The van der Waals surface area contributed by atoms with E-state index in [0.717, 1.165) is 24.9 Å². The molecule has 0 aliphatic carbocycles. The van der Waals surface area contributed by atoms with Gasteiger partial charge >= 0.3 is 0 Å². The topological polar surface area (TPSA) is 78.5 Å². The van der Waals surface area contributed by atoms with Crippen LogP contribution in [0.5, 0.6) is 0 Å². The van der Waals surface area contributed by atoms with E-state index in [2.05, 4.69) is 17.0 Å². The van der Waals surface area contributed by atoms with Crippen molar-refractivity contribution in [2.75, 3.05) is 31.1 Å². The number of carbonyl (C=O) groups is 1. The average Bonchev–Trinajstić information content (AvgIpc) is 2.90. The Balaban J connectivity index is 2.09. The second-order valence-corrected chi connectivity index (χ2v) is 7.13. The van der Waals surface area contributed by atoms with Crippen LogP contribution in [0.2, 0.25) is 0 Å². The maximum Gasteiger partial charge on any atom is 0.240 e. The molecule has 2 N–H and O–H groups in total. The number of sulfonamides is 1. The fourth-order valence-electron chi connectivity index (χ4n) is 2.51. The summed E-state index contributed by atoms with van der Waals surface area (Å²) in [6.45, 7) is 5.97. The molecule has 0 atom stereocenters. The van der Waals surface area contributed by atoms with Gasteiger partial charge in [-0.2, -0.15) is 0 Å². The molecule has 7 heteroatoms. The van der Waals surface area contributed by atoms with E-state index in [-0.39, 0.29) is 10.8 Å². The molecule has 1 aliphatic rings. The molecule has 1 aromatic carbocycles. The predicted molar refractivity (Wildman–Crippen MR) is 86.5 cm³/mol. The average molecular weight is 325 g/mol. The van der Waals surface area contributed by atoms with Gasteiger partial charge < -0.3 is 10.2 Å². The summed E-state index contributed by atoms with van der Waals surface area (Å²) in [5, 5.41) is 3.14. The lowest BCUT2D eigenvalue weighted by Crippen LogP contribution is -2.32. The summed E-state index contributed by atoms with van der Waals surface area (Å²) >= 11 is 0. The zero-order valence-electron chi connectivity index (χ0n) is 13.1. The quantitative estimate of drug-likeness (QED) is 0.729. The Kier molecular flexibility index (Phi) is 5.55. The van der Waals surface area contributed by atoms with Crippen LogP contribution in [0.25, 0.3) is 0 Å². The molecule has 0 radical (unpaired) electrons. The van der Waals surface area contributed by atoms with Crippen molar-refractivity contribution in [1.29, 1.82) is 0 Å². The normalized spacial score (nSPS) is 14.2. The van der Waals surface area contributed by atoms with Crippen LogP contribution in [0.1, 0.15) is 25.8 Å². The molecule has 0 aromatic heterocycles. The Labute approximate surface area is 131 Å². The molecule has 0 fully saturated rings. The first kappa shape index (κ1) is 16.9. The van der Waals surface area contributed by atoms with Crippen LogP contribution in [-0.2, 0) is 21.2 Å². The maximum absolute atomic E-state index is 12.3. The van der Waals surface area contributed by atoms with Crippen molar-refractivity contribution >= 4 is 21.6 Å². The van der Waals surface area contributed by atoms with Gasteiger partial charge in [-0.05, 0) is 37.1 Å². The number of benzene rings is 1. The SMILES string of the molecule is CCCNCCNS(=O)(=O)c1ccc2c(c1)N(C(C)=O)CC2. The Bertz CT molecular complexity index is 643. The van der Waals surface area contributed by atoms with Gasteiger partial charge in [0.2, 0.25) is 15.9 Å². The van der Waals surface area contributed by atoms with Gasteiger partial charge in [0.15, 0.2) is 0 Å². The van der Waals surface area contributed by atoms with Crippen LogP contribution in [0.3, 0.4) is 0 Å². The van der Waals surface area contributed by atoms with E-state index in [9.17, 15) is 13.2 Å². The zero-order chi connectivity index (χ0) is 16.2. The molecular formula is C15H23N3O3S. The van der Waals surface area contributed by atoms with Crippen LogP contribution in [-0.4, -0.2) is 40.5 Å². The molecule has 6 nitrogen and oxygen atoms in total. The first-order valence-corrected chi connectivity index (χ1v) is 9.05. The standard InChI is InChI=1S/C15H23N3O3S/c1-3-7-16-8-9-17-22(20,21)14-5-4-13-6-10-18(12(2)19)15(13)11-14/h4-5,11,16-17H,3,6-10H2,1-2H3. The maximum atomic E-state index is 12.3. The van der Waals surface area contributed by atoms with E-state index in [1.54, 1.807) is 23.1 Å². The van der Waals surface area contributed by atoms with E-state index in [0.29, 0.717) is 25.3 Å². The fourth-order valence-corrected chi connectivity index (χ4v) is 3.56. The molecule has 0 bridgehead atoms. The van der Waals surface area contributed by atoms with E-state index >= 15 is 0 Å². The number of hydrogen-bond donors (Lipinski definition) is 2. The number of anilines is 1. The molecule has 0 saturated heterocycles. The number of fused-ring (bicyclic) bond motifs is 1. The highest BCUT2D eigenvalue weighted by molar-refractivity contribution is 7.89. The van der Waals surface area contributed by atoms with E-state index in [1.807, 2.05) is 0 Å². The van der Waals surface area contributed by atoms with Crippen molar-refractivity contribution in [3.8, 4) is 0 Å². The van der Waals surface area contributed by atoms with Gasteiger partial charge in [0.25, 0.3) is 0 Å². The molecule has 1 aliphatic heterocycles. The summed E-state index contributed by atoms with van der Waals surface area (Å²) in [6, 6.07) is 4.98. The molecule has 22 heavy (non-hydrogen) atoms. The van der Waals surface area contributed by atoms with Gasteiger partial charge in [-0.25, -0.2) is 13.1 Å². The van der Waals surface area contributed by atoms with E-state index in [1.165, 1.54) is 6.92 Å². The monoisotopic (exact) mass is 325 g/mol. The lowest BCUT2D eigenvalue weighted by molar-refractivity contribution is -0.116. The largest absolute Gasteiger partial charge is 0.315 e. The minimum absolute atomic E-state index is 0.0648. The summed E-state index contributed by atoms with van der Waals surface area (Å²) in [7, 11) is -3.55. The van der Waals surface area contributed by atoms with Gasteiger partial charge in [-0.3, -0.25) is 4.79 Å². The lowest BCUT2D eigenvalue weighted by Gasteiger charge is -2.16. The molecule has 1 amide bonds. The fraction of sp³-hybridized carbons (Fsp3) is 0.533. The first-order valence-electron chi connectivity index (χ1n) is 7.57. The summed E-state index contributed by atoms with van der Waals surface area (Å²) in [6.07, 6.45) is 1.78. The van der Waals surface area contributed by atoms with Gasteiger partial charge in [-0.15, -0.1) is 0 Å². The van der Waals surface area contributed by atoms with Crippen LogP contribution < -0.4 is 14.9 Å². The van der Waals surface area contributed by atoms with Gasteiger partial charge in [0, 0.05) is 32.2 Å². The highest BCUT2D eigenvalue weighted by atomic mass is 32.2. The summed E-state index contributed by atoms with van der Waals surface area (Å²) in [5.74, 6) is -0.0648. The van der Waals surface area contributed by atoms with Crippen molar-refractivity contribution in [3.63, 3.8) is 0 Å². The lowest BCUT2D eigenvalue weighted by atomic mass is 10.2. The Morgan fingerprint density at radius 1 is 1.27 bits per heavy atom. The third-order valence-electron chi connectivity index (χ3n) is 3.66. The number of rotatable bonds is 7. The molecule has 0 saturated carbocycles. The molecule has 2 rings (SSSR count). The van der Waals surface area contributed by atoms with Gasteiger partial charge in [0.05, 0.1) is 4.90 Å². The third-order valence-corrected chi connectivity index (χ3v) is 5.12. The van der Waals surface area contributed by atoms with Crippen molar-refractivity contribution in [2.45, 2.75) is 31.6 Å². The van der Waals surface area contributed by atoms with Crippen molar-refractivity contribution in [3.05, 3.63) is 23.8 Å². The number of nitrogens with one attached hydrogen (secondary N) is 2. The number of hydrogen-bond acceptors (Lipinski definition) is 4. The molecule has 0 unspecified atom stereocenters. The van der Waals surface area contributed by atoms with E-state index < -0.39 is 10.0 Å². The highest BCUT2D eigenvalue weighted by Gasteiger charge is 2.24. The third kappa shape index (κ3) is 3.85. The minimum atomic E-state index is -3.55. The van der Waals surface area contributed by atoms with Crippen LogP contribution >= 0.6 is 0 Å². The molecule has 1 aromatic rings. The summed E-state index contributed by atoms with van der Waals surface area (Å²) in [5.41, 5.74) is 1.72. The summed E-state index contributed by atoms with van der Waals surface area (Å²) in [4.78, 5) is 13.4. The molecular weight excluding hydrogens is 302 g/mol. The van der Waals surface area contributed by atoms with Crippen LogP contribution in [0.4, 0.5) is 5.69 Å². The molecule has 0 spiro atoms. The Morgan fingerprint density at radius 2 is 2.05 bits per heavy atom. The second-order valence-electron chi connectivity index (χ2n) is 5.36. The molecule has 1 heterocycles. The number of amides is 1. The van der Waals surface area contributed by atoms with Gasteiger partial charge in [-0.1, -0.05) is 13.0 Å². The smallest absolute Gasteiger partial charge is 0.240 e. The summed E-state index contributed by atoms with van der Waals surface area (Å²) < 4.78 is 27.2. The molecule has 122 valence electrons. The van der Waals surface area contributed by atoms with Crippen molar-refractivity contribution < 1.29 is 13.2 Å².